The van der Waals surface area contributed by atoms with E-state index in [1.807, 2.05) is 54.6 Å². The number of likely N-dealkylation sites (N-methyl/N-ethyl adjacent to an activating group) is 1. The van der Waals surface area contributed by atoms with Crippen LogP contribution >= 0.6 is 0 Å². The van der Waals surface area contributed by atoms with Crippen molar-refractivity contribution in [2.75, 3.05) is 31.1 Å². The van der Waals surface area contributed by atoms with Gasteiger partial charge in [0.05, 0.1) is 5.56 Å². The zero-order valence-electron chi connectivity index (χ0n) is 15.8. The molecule has 0 saturated heterocycles. The molecule has 3 rings (SSSR count). The number of benzene rings is 2. The number of pyridine rings is 1. The fourth-order valence-electron chi connectivity index (χ4n) is 3.26. The third kappa shape index (κ3) is 4.26. The van der Waals surface area contributed by atoms with Gasteiger partial charge < -0.3 is 14.8 Å². The van der Waals surface area contributed by atoms with E-state index >= 15 is 0 Å². The van der Waals surface area contributed by atoms with Crippen molar-refractivity contribution in [3.8, 4) is 0 Å². The van der Waals surface area contributed by atoms with E-state index in [-0.39, 0.29) is 11.5 Å². The highest BCUT2D eigenvalue weighted by atomic mass is 16.2. The molecule has 2 aromatic carbocycles. The number of anilines is 1. The van der Waals surface area contributed by atoms with Crippen LogP contribution in [0.4, 0.5) is 5.69 Å². The number of fused-ring (bicyclic) bond motifs is 1. The van der Waals surface area contributed by atoms with Crippen molar-refractivity contribution in [3.05, 3.63) is 76.6 Å². The molecule has 5 heteroatoms. The number of rotatable bonds is 7. The Hall–Kier alpha value is -2.92. The normalized spacial score (nSPS) is 11.1. The Labute approximate surface area is 159 Å². The standard InChI is InChI=1S/C22H25N3O2/c1-3-24(4-2)14-15-25(17-10-6-5-7-11-17)22(27)19-16-21(26)23-20-13-9-8-12-18(19)20/h5-13,16H,3-4,14-15H2,1-2H3,(H,23,26). The molecule has 1 amide bonds. The molecule has 1 heterocycles. The van der Waals surface area contributed by atoms with Gasteiger partial charge in [0.2, 0.25) is 5.56 Å². The maximum atomic E-state index is 13.5. The summed E-state index contributed by atoms with van der Waals surface area (Å²) in [5, 5.41) is 0.755. The predicted molar refractivity (Wildman–Crippen MR) is 110 cm³/mol. The topological polar surface area (TPSA) is 56.4 Å². The molecule has 1 aromatic heterocycles. The summed E-state index contributed by atoms with van der Waals surface area (Å²) in [5.41, 5.74) is 1.66. The van der Waals surface area contributed by atoms with Gasteiger partial charge in [-0.1, -0.05) is 50.2 Å². The van der Waals surface area contributed by atoms with Gasteiger partial charge in [0, 0.05) is 35.7 Å². The van der Waals surface area contributed by atoms with Crippen LogP contribution in [0.3, 0.4) is 0 Å². The summed E-state index contributed by atoms with van der Waals surface area (Å²) >= 11 is 0. The van der Waals surface area contributed by atoms with Gasteiger partial charge in [0.1, 0.15) is 0 Å². The van der Waals surface area contributed by atoms with Crippen LogP contribution in [0.5, 0.6) is 0 Å². The lowest BCUT2D eigenvalue weighted by Crippen LogP contribution is -2.39. The van der Waals surface area contributed by atoms with Crippen molar-refractivity contribution < 1.29 is 4.79 Å². The highest BCUT2D eigenvalue weighted by Crippen LogP contribution is 2.21. The minimum atomic E-state index is -0.270. The Bertz CT molecular complexity index is 962. The van der Waals surface area contributed by atoms with Gasteiger partial charge in [0.15, 0.2) is 0 Å². The van der Waals surface area contributed by atoms with E-state index in [1.54, 1.807) is 4.90 Å². The highest BCUT2D eigenvalue weighted by molar-refractivity contribution is 6.13. The monoisotopic (exact) mass is 363 g/mol. The molecular weight excluding hydrogens is 338 g/mol. The number of hydrogen-bond acceptors (Lipinski definition) is 3. The van der Waals surface area contributed by atoms with Gasteiger partial charge in [-0.15, -0.1) is 0 Å². The SMILES string of the molecule is CCN(CC)CCN(C(=O)c1cc(=O)[nH]c2ccccc12)c1ccccc1. The first-order valence-electron chi connectivity index (χ1n) is 9.35. The second-order valence-electron chi connectivity index (χ2n) is 6.41. The predicted octanol–water partition coefficient (Wildman–Crippen LogP) is 3.52. The zero-order valence-corrected chi connectivity index (χ0v) is 15.8. The van der Waals surface area contributed by atoms with E-state index in [0.717, 1.165) is 30.7 Å². The molecule has 27 heavy (non-hydrogen) atoms. The van der Waals surface area contributed by atoms with Crippen LogP contribution in [0.25, 0.3) is 10.9 Å². The lowest BCUT2D eigenvalue weighted by molar-refractivity contribution is 0.0985. The van der Waals surface area contributed by atoms with E-state index in [2.05, 4.69) is 23.7 Å². The van der Waals surface area contributed by atoms with Crippen molar-refractivity contribution in [2.45, 2.75) is 13.8 Å². The van der Waals surface area contributed by atoms with Crippen molar-refractivity contribution >= 4 is 22.5 Å². The lowest BCUT2D eigenvalue weighted by atomic mass is 10.1. The molecule has 0 aliphatic carbocycles. The fourth-order valence-corrected chi connectivity index (χ4v) is 3.26. The first-order valence-corrected chi connectivity index (χ1v) is 9.35. The first-order chi connectivity index (χ1) is 13.1. The molecule has 0 saturated carbocycles. The van der Waals surface area contributed by atoms with Crippen LogP contribution in [-0.2, 0) is 0 Å². The second kappa shape index (κ2) is 8.64. The van der Waals surface area contributed by atoms with E-state index in [9.17, 15) is 9.59 Å². The minimum Gasteiger partial charge on any atom is -0.322 e. The second-order valence-corrected chi connectivity index (χ2v) is 6.41. The van der Waals surface area contributed by atoms with Crippen LogP contribution < -0.4 is 10.5 Å². The van der Waals surface area contributed by atoms with Crippen LogP contribution in [0.15, 0.2) is 65.5 Å². The Balaban J connectivity index is 2.02. The molecular formula is C22H25N3O2. The quantitative estimate of drug-likeness (QED) is 0.699. The Morgan fingerprint density at radius 1 is 0.926 bits per heavy atom. The van der Waals surface area contributed by atoms with Crippen LogP contribution in [0.1, 0.15) is 24.2 Å². The molecule has 0 fully saturated rings. The first kappa shape index (κ1) is 18.9. The van der Waals surface area contributed by atoms with Crippen molar-refractivity contribution in [1.29, 1.82) is 0 Å². The van der Waals surface area contributed by atoms with Crippen LogP contribution in [0.2, 0.25) is 0 Å². The smallest absolute Gasteiger partial charge is 0.259 e. The summed E-state index contributed by atoms with van der Waals surface area (Å²) in [6.07, 6.45) is 0. The largest absolute Gasteiger partial charge is 0.322 e. The average molecular weight is 363 g/mol. The molecule has 0 radical (unpaired) electrons. The number of nitrogens with zero attached hydrogens (tertiary/aromatic N) is 2. The Morgan fingerprint density at radius 3 is 2.30 bits per heavy atom. The van der Waals surface area contributed by atoms with Crippen molar-refractivity contribution in [1.82, 2.24) is 9.88 Å². The van der Waals surface area contributed by atoms with E-state index in [4.69, 9.17) is 0 Å². The number of aromatic amines is 1. The molecule has 0 atom stereocenters. The van der Waals surface area contributed by atoms with E-state index in [0.29, 0.717) is 17.6 Å². The number of carbonyl (C=O) groups excluding carboxylic acids is 1. The molecule has 140 valence electrons. The summed E-state index contributed by atoms with van der Waals surface area (Å²) < 4.78 is 0. The molecule has 0 aliphatic heterocycles. The van der Waals surface area contributed by atoms with Gasteiger partial charge in [-0.3, -0.25) is 9.59 Å². The fraction of sp³-hybridized carbons (Fsp3) is 0.273. The number of aromatic nitrogens is 1. The van der Waals surface area contributed by atoms with Crippen LogP contribution in [0, 0.1) is 0 Å². The lowest BCUT2D eigenvalue weighted by Gasteiger charge is -2.27. The van der Waals surface area contributed by atoms with E-state index in [1.165, 1.54) is 6.07 Å². The van der Waals surface area contributed by atoms with Crippen molar-refractivity contribution in [2.24, 2.45) is 0 Å². The maximum Gasteiger partial charge on any atom is 0.259 e. The summed E-state index contributed by atoms with van der Waals surface area (Å²) in [4.78, 5) is 32.4. The van der Waals surface area contributed by atoms with Gasteiger partial charge in [0.25, 0.3) is 5.91 Å². The van der Waals surface area contributed by atoms with Gasteiger partial charge in [-0.25, -0.2) is 0 Å². The average Bonchev–Trinajstić information content (AvgIpc) is 2.71. The van der Waals surface area contributed by atoms with Gasteiger partial charge in [-0.05, 0) is 31.3 Å². The number of nitrogens with one attached hydrogen (secondary N) is 1. The third-order valence-corrected chi connectivity index (χ3v) is 4.83. The zero-order chi connectivity index (χ0) is 19.2. The minimum absolute atomic E-state index is 0.157. The maximum absolute atomic E-state index is 13.5. The van der Waals surface area contributed by atoms with Crippen LogP contribution in [-0.4, -0.2) is 42.0 Å². The number of carbonyl (C=O) groups is 1. The summed E-state index contributed by atoms with van der Waals surface area (Å²) in [6, 6.07) is 18.4. The number of H-pyrrole nitrogens is 1. The Morgan fingerprint density at radius 2 is 1.59 bits per heavy atom. The molecule has 3 aromatic rings. The molecule has 0 unspecified atom stereocenters. The molecule has 1 N–H and O–H groups in total. The number of amides is 1. The van der Waals surface area contributed by atoms with Gasteiger partial charge >= 0.3 is 0 Å². The number of hydrogen-bond donors (Lipinski definition) is 1. The summed E-state index contributed by atoms with van der Waals surface area (Å²) in [5.74, 6) is -0.157. The third-order valence-electron chi connectivity index (χ3n) is 4.83. The highest BCUT2D eigenvalue weighted by Gasteiger charge is 2.21. The van der Waals surface area contributed by atoms with Crippen molar-refractivity contribution in [3.63, 3.8) is 0 Å². The molecule has 0 spiro atoms. The number of para-hydroxylation sites is 2. The summed E-state index contributed by atoms with van der Waals surface area (Å²) in [7, 11) is 0. The molecule has 0 aliphatic rings. The Kier molecular flexibility index (Phi) is 6.04. The summed E-state index contributed by atoms with van der Waals surface area (Å²) in [6.45, 7) is 7.42. The molecule has 0 bridgehead atoms. The van der Waals surface area contributed by atoms with E-state index < -0.39 is 0 Å². The molecule has 5 nitrogen and oxygen atoms in total. The van der Waals surface area contributed by atoms with Gasteiger partial charge in [-0.2, -0.15) is 0 Å².